The molecule has 0 aromatic heterocycles. The van der Waals surface area contributed by atoms with E-state index >= 15 is 0 Å². The second kappa shape index (κ2) is 4.88. The molecule has 2 rings (SSSR count). The van der Waals surface area contributed by atoms with Crippen LogP contribution in [0.1, 0.15) is 18.4 Å². The van der Waals surface area contributed by atoms with Gasteiger partial charge in [0.05, 0.1) is 13.7 Å². The van der Waals surface area contributed by atoms with Crippen LogP contribution in [-0.2, 0) is 6.54 Å². The predicted octanol–water partition coefficient (Wildman–Crippen LogP) is 1.26. The Labute approximate surface area is 95.5 Å². The summed E-state index contributed by atoms with van der Waals surface area (Å²) < 4.78 is 5.24. The number of nitrogens with one attached hydrogen (secondary N) is 1. The van der Waals surface area contributed by atoms with E-state index in [4.69, 9.17) is 10.5 Å². The van der Waals surface area contributed by atoms with E-state index in [1.54, 1.807) is 7.11 Å². The standard InChI is InChI=1S/C12H17N3O/c1-16-11-5-3-2-4-9(11)8-14-12(13)15-10-6-7-10/h2-5,10H,6-8H2,1H3,(H3,13,14,15). The third-order valence-corrected chi connectivity index (χ3v) is 2.54. The highest BCUT2D eigenvalue weighted by molar-refractivity contribution is 5.78. The lowest BCUT2D eigenvalue weighted by Crippen LogP contribution is -2.33. The molecule has 1 fully saturated rings. The van der Waals surface area contributed by atoms with Crippen LogP contribution in [0.15, 0.2) is 29.3 Å². The van der Waals surface area contributed by atoms with Crippen LogP contribution in [0, 0.1) is 0 Å². The zero-order valence-electron chi connectivity index (χ0n) is 9.44. The second-order valence-electron chi connectivity index (χ2n) is 3.93. The molecule has 1 aliphatic rings. The Morgan fingerprint density at radius 3 is 2.94 bits per heavy atom. The monoisotopic (exact) mass is 219 g/mol. The minimum absolute atomic E-state index is 0.522. The molecule has 1 aromatic carbocycles. The van der Waals surface area contributed by atoms with Gasteiger partial charge < -0.3 is 15.8 Å². The van der Waals surface area contributed by atoms with Crippen molar-refractivity contribution in [3.63, 3.8) is 0 Å². The van der Waals surface area contributed by atoms with Gasteiger partial charge in [0.15, 0.2) is 5.96 Å². The molecule has 4 nitrogen and oxygen atoms in total. The maximum absolute atomic E-state index is 5.75. The summed E-state index contributed by atoms with van der Waals surface area (Å²) in [6.45, 7) is 0.551. The molecule has 1 saturated carbocycles. The Bertz CT molecular complexity index is 386. The summed E-state index contributed by atoms with van der Waals surface area (Å²) in [7, 11) is 1.66. The van der Waals surface area contributed by atoms with E-state index in [1.807, 2.05) is 24.3 Å². The third-order valence-electron chi connectivity index (χ3n) is 2.54. The molecule has 16 heavy (non-hydrogen) atoms. The number of nitrogens with zero attached hydrogens (tertiary/aromatic N) is 1. The molecule has 0 amide bonds. The fourth-order valence-corrected chi connectivity index (χ4v) is 1.49. The van der Waals surface area contributed by atoms with Gasteiger partial charge in [0.2, 0.25) is 0 Å². The predicted molar refractivity (Wildman–Crippen MR) is 64.5 cm³/mol. The number of rotatable bonds is 4. The number of para-hydroxylation sites is 1. The van der Waals surface area contributed by atoms with E-state index in [9.17, 15) is 0 Å². The van der Waals surface area contributed by atoms with Gasteiger partial charge in [-0.05, 0) is 18.9 Å². The van der Waals surface area contributed by atoms with E-state index < -0.39 is 0 Å². The van der Waals surface area contributed by atoms with Crippen molar-refractivity contribution in [3.8, 4) is 5.75 Å². The summed E-state index contributed by atoms with van der Waals surface area (Å²) in [5.74, 6) is 1.37. The largest absolute Gasteiger partial charge is 0.496 e. The number of ether oxygens (including phenoxy) is 1. The Morgan fingerprint density at radius 2 is 2.25 bits per heavy atom. The molecule has 0 heterocycles. The molecule has 0 unspecified atom stereocenters. The molecular weight excluding hydrogens is 202 g/mol. The normalized spacial score (nSPS) is 15.9. The first-order valence-corrected chi connectivity index (χ1v) is 5.48. The van der Waals surface area contributed by atoms with Crippen LogP contribution in [0.5, 0.6) is 5.75 Å². The molecular formula is C12H17N3O. The van der Waals surface area contributed by atoms with Crippen molar-refractivity contribution in [1.82, 2.24) is 5.32 Å². The molecule has 3 N–H and O–H groups in total. The number of methoxy groups -OCH3 is 1. The highest BCUT2D eigenvalue weighted by atomic mass is 16.5. The smallest absolute Gasteiger partial charge is 0.189 e. The highest BCUT2D eigenvalue weighted by Gasteiger charge is 2.21. The van der Waals surface area contributed by atoms with E-state index in [1.165, 1.54) is 12.8 Å². The van der Waals surface area contributed by atoms with E-state index in [2.05, 4.69) is 10.3 Å². The van der Waals surface area contributed by atoms with Gasteiger partial charge in [-0.2, -0.15) is 0 Å². The Kier molecular flexibility index (Phi) is 3.29. The number of guanidine groups is 1. The van der Waals surface area contributed by atoms with Crippen molar-refractivity contribution in [3.05, 3.63) is 29.8 Å². The third kappa shape index (κ3) is 2.89. The Balaban J connectivity index is 1.96. The van der Waals surface area contributed by atoms with Gasteiger partial charge in [0.25, 0.3) is 0 Å². The summed E-state index contributed by atoms with van der Waals surface area (Å²) in [6.07, 6.45) is 2.40. The van der Waals surface area contributed by atoms with Gasteiger partial charge in [-0.1, -0.05) is 18.2 Å². The van der Waals surface area contributed by atoms with Crippen LogP contribution in [0.3, 0.4) is 0 Å². The minimum atomic E-state index is 0.522. The van der Waals surface area contributed by atoms with Crippen molar-refractivity contribution in [2.45, 2.75) is 25.4 Å². The van der Waals surface area contributed by atoms with Crippen molar-refractivity contribution in [2.24, 2.45) is 10.7 Å². The first-order valence-electron chi connectivity index (χ1n) is 5.48. The van der Waals surface area contributed by atoms with Crippen molar-refractivity contribution in [1.29, 1.82) is 0 Å². The average molecular weight is 219 g/mol. The quantitative estimate of drug-likeness (QED) is 0.592. The molecule has 86 valence electrons. The van der Waals surface area contributed by atoms with Crippen LogP contribution in [0.25, 0.3) is 0 Å². The van der Waals surface area contributed by atoms with E-state index in [-0.39, 0.29) is 0 Å². The molecule has 0 saturated heterocycles. The van der Waals surface area contributed by atoms with Gasteiger partial charge in [-0.15, -0.1) is 0 Å². The topological polar surface area (TPSA) is 59.6 Å². The van der Waals surface area contributed by atoms with Crippen LogP contribution < -0.4 is 15.8 Å². The molecule has 0 bridgehead atoms. The fourth-order valence-electron chi connectivity index (χ4n) is 1.49. The number of hydrogen-bond donors (Lipinski definition) is 2. The highest BCUT2D eigenvalue weighted by Crippen LogP contribution is 2.19. The number of aliphatic imine (C=N–C) groups is 1. The van der Waals surface area contributed by atoms with E-state index in [0.717, 1.165) is 11.3 Å². The summed E-state index contributed by atoms with van der Waals surface area (Å²) >= 11 is 0. The van der Waals surface area contributed by atoms with Crippen LogP contribution >= 0.6 is 0 Å². The molecule has 1 aromatic rings. The zero-order valence-corrected chi connectivity index (χ0v) is 9.44. The number of benzene rings is 1. The molecule has 0 atom stereocenters. The van der Waals surface area contributed by atoms with Crippen LogP contribution in [0.2, 0.25) is 0 Å². The van der Waals surface area contributed by atoms with Crippen molar-refractivity contribution < 1.29 is 4.74 Å². The second-order valence-corrected chi connectivity index (χ2v) is 3.93. The van der Waals surface area contributed by atoms with Gasteiger partial charge in [0.1, 0.15) is 5.75 Å². The van der Waals surface area contributed by atoms with Gasteiger partial charge in [0, 0.05) is 11.6 Å². The number of nitrogens with two attached hydrogens (primary N) is 1. The van der Waals surface area contributed by atoms with Crippen molar-refractivity contribution in [2.75, 3.05) is 7.11 Å². The molecule has 4 heteroatoms. The summed E-state index contributed by atoms with van der Waals surface area (Å²) in [4.78, 5) is 4.29. The molecule has 0 radical (unpaired) electrons. The first kappa shape index (κ1) is 10.8. The SMILES string of the molecule is COc1ccccc1CN=C(N)NC1CC1. The minimum Gasteiger partial charge on any atom is -0.496 e. The summed E-state index contributed by atoms with van der Waals surface area (Å²) in [5, 5.41) is 3.15. The van der Waals surface area contributed by atoms with Crippen molar-refractivity contribution >= 4 is 5.96 Å². The zero-order chi connectivity index (χ0) is 11.4. The maximum atomic E-state index is 5.75. The molecule has 0 spiro atoms. The van der Waals surface area contributed by atoms with E-state index in [0.29, 0.717) is 18.5 Å². The van der Waals surface area contributed by atoms with Crippen LogP contribution in [0.4, 0.5) is 0 Å². The van der Waals surface area contributed by atoms with Gasteiger partial charge >= 0.3 is 0 Å². The molecule has 1 aliphatic carbocycles. The lowest BCUT2D eigenvalue weighted by Gasteiger charge is -2.06. The maximum Gasteiger partial charge on any atom is 0.189 e. The summed E-state index contributed by atoms with van der Waals surface area (Å²) in [6, 6.07) is 8.37. The van der Waals surface area contributed by atoms with Gasteiger partial charge in [-0.25, -0.2) is 4.99 Å². The van der Waals surface area contributed by atoms with Gasteiger partial charge in [-0.3, -0.25) is 0 Å². The Morgan fingerprint density at radius 1 is 1.50 bits per heavy atom. The average Bonchev–Trinajstić information content (AvgIpc) is 3.10. The summed E-state index contributed by atoms with van der Waals surface area (Å²) in [5.41, 5.74) is 6.80. The first-order chi connectivity index (χ1) is 7.79. The Hall–Kier alpha value is -1.71. The fraction of sp³-hybridized carbons (Fsp3) is 0.417. The van der Waals surface area contributed by atoms with Crippen LogP contribution in [-0.4, -0.2) is 19.1 Å². The molecule has 0 aliphatic heterocycles. The lowest BCUT2D eigenvalue weighted by atomic mass is 10.2. The lowest BCUT2D eigenvalue weighted by molar-refractivity contribution is 0.410. The number of hydrogen-bond acceptors (Lipinski definition) is 2.